The lowest BCUT2D eigenvalue weighted by atomic mass is 9.93. The van der Waals surface area contributed by atoms with Crippen molar-refractivity contribution in [2.24, 2.45) is 5.92 Å². The fourth-order valence-corrected chi connectivity index (χ4v) is 3.37. The number of nitrogens with zero attached hydrogens (tertiary/aromatic N) is 2. The van der Waals surface area contributed by atoms with Gasteiger partial charge in [0.25, 0.3) is 5.91 Å². The lowest BCUT2D eigenvalue weighted by Gasteiger charge is -2.33. The molecule has 3 rings (SSSR count). The van der Waals surface area contributed by atoms with Crippen LogP contribution in [0.5, 0.6) is 0 Å². The number of piperidine rings is 1. The first-order valence-corrected chi connectivity index (χ1v) is 9.48. The minimum absolute atomic E-state index is 0.253. The quantitative estimate of drug-likeness (QED) is 0.794. The second kappa shape index (κ2) is 9.34. The van der Waals surface area contributed by atoms with E-state index in [0.29, 0.717) is 23.4 Å². The van der Waals surface area contributed by atoms with Gasteiger partial charge in [0.05, 0.1) is 5.52 Å². The summed E-state index contributed by atoms with van der Waals surface area (Å²) in [6, 6.07) is 8.59. The van der Waals surface area contributed by atoms with E-state index in [1.54, 1.807) is 12.1 Å². The summed E-state index contributed by atoms with van der Waals surface area (Å²) in [7, 11) is 1.49. The zero-order chi connectivity index (χ0) is 19.9. The highest BCUT2D eigenvalue weighted by atomic mass is 19.1. The predicted octanol–water partition coefficient (Wildman–Crippen LogP) is 2.45. The Hall–Kier alpha value is -2.90. The van der Waals surface area contributed by atoms with Gasteiger partial charge in [-0.3, -0.25) is 4.79 Å². The Bertz CT molecular complexity index is 837. The van der Waals surface area contributed by atoms with Gasteiger partial charge in [-0.2, -0.15) is 0 Å². The number of benzene rings is 1. The van der Waals surface area contributed by atoms with Crippen molar-refractivity contribution >= 4 is 28.7 Å². The average Bonchev–Trinajstić information content (AvgIpc) is 2.72. The number of carbonyl (C=O) groups excluding carboxylic acids is 2. The van der Waals surface area contributed by atoms with Gasteiger partial charge in [0, 0.05) is 32.1 Å². The van der Waals surface area contributed by atoms with Gasteiger partial charge in [0.1, 0.15) is 11.6 Å². The van der Waals surface area contributed by atoms with E-state index >= 15 is 0 Å². The Morgan fingerprint density at radius 3 is 2.79 bits per heavy atom. The summed E-state index contributed by atoms with van der Waals surface area (Å²) < 4.78 is 18.6. The van der Waals surface area contributed by atoms with Crippen LogP contribution in [0.4, 0.5) is 15.0 Å². The van der Waals surface area contributed by atoms with E-state index in [1.807, 2.05) is 12.1 Å². The van der Waals surface area contributed by atoms with Gasteiger partial charge in [-0.15, -0.1) is 0 Å². The molecular formula is C20H25FN4O3. The molecule has 1 aromatic carbocycles. The van der Waals surface area contributed by atoms with Gasteiger partial charge in [0.2, 0.25) is 0 Å². The number of nitrogens with one attached hydrogen (secondary N) is 2. The van der Waals surface area contributed by atoms with Crippen LogP contribution in [-0.2, 0) is 9.53 Å². The van der Waals surface area contributed by atoms with E-state index in [0.717, 1.165) is 38.2 Å². The van der Waals surface area contributed by atoms with Crippen molar-refractivity contribution in [3.63, 3.8) is 0 Å². The third kappa shape index (κ3) is 5.09. The molecule has 150 valence electrons. The lowest BCUT2D eigenvalue weighted by molar-refractivity contribution is -0.123. The maximum atomic E-state index is 13.8. The Morgan fingerprint density at radius 1 is 1.25 bits per heavy atom. The summed E-state index contributed by atoms with van der Waals surface area (Å²) in [6.45, 7) is 1.99. The maximum absolute atomic E-state index is 13.8. The van der Waals surface area contributed by atoms with Crippen LogP contribution in [0.15, 0.2) is 30.3 Å². The molecule has 28 heavy (non-hydrogen) atoms. The first-order valence-electron chi connectivity index (χ1n) is 9.48. The number of anilines is 1. The number of ether oxygens (including phenoxy) is 1. The van der Waals surface area contributed by atoms with Crippen LogP contribution in [0.25, 0.3) is 10.9 Å². The predicted molar refractivity (Wildman–Crippen MR) is 105 cm³/mol. The molecule has 2 amide bonds. The van der Waals surface area contributed by atoms with E-state index in [9.17, 15) is 14.0 Å². The highest BCUT2D eigenvalue weighted by Gasteiger charge is 2.20. The SMILES string of the molecule is CNC(=O)COC(=O)NCCC1CCN(c2ccc3c(F)cccc3n2)CC1. The largest absolute Gasteiger partial charge is 0.439 e. The standard InChI is InChI=1S/C20H25FN4O3/c1-22-19(26)13-28-20(27)23-10-7-14-8-11-25(12-9-14)18-6-5-15-16(21)3-2-4-17(15)24-18/h2-6,14H,7-13H2,1H3,(H,22,26)(H,23,27). The minimum atomic E-state index is -0.575. The minimum Gasteiger partial charge on any atom is -0.439 e. The first kappa shape index (κ1) is 19.9. The fourth-order valence-electron chi connectivity index (χ4n) is 3.37. The number of halogens is 1. The van der Waals surface area contributed by atoms with Gasteiger partial charge in [0.15, 0.2) is 6.61 Å². The molecule has 0 radical (unpaired) electrons. The third-order valence-electron chi connectivity index (χ3n) is 5.04. The number of pyridine rings is 1. The molecule has 0 atom stereocenters. The summed E-state index contributed by atoms with van der Waals surface area (Å²) in [5, 5.41) is 5.60. The topological polar surface area (TPSA) is 83.6 Å². The van der Waals surface area contributed by atoms with Crippen molar-refractivity contribution in [3.05, 3.63) is 36.1 Å². The Balaban J connectivity index is 1.42. The highest BCUT2D eigenvalue weighted by molar-refractivity contribution is 5.81. The number of carbonyl (C=O) groups is 2. The molecule has 1 fully saturated rings. The number of rotatable bonds is 6. The van der Waals surface area contributed by atoms with Crippen LogP contribution in [0, 0.1) is 11.7 Å². The van der Waals surface area contributed by atoms with E-state index in [2.05, 4.69) is 20.5 Å². The van der Waals surface area contributed by atoms with E-state index in [1.165, 1.54) is 13.1 Å². The molecular weight excluding hydrogens is 363 g/mol. The number of amides is 2. The smallest absolute Gasteiger partial charge is 0.407 e. The highest BCUT2D eigenvalue weighted by Crippen LogP contribution is 2.26. The summed E-state index contributed by atoms with van der Waals surface area (Å²) in [5.41, 5.74) is 0.666. The van der Waals surface area contributed by atoms with Gasteiger partial charge in [-0.1, -0.05) is 6.07 Å². The molecule has 2 aromatic rings. The molecule has 0 bridgehead atoms. The van der Waals surface area contributed by atoms with Crippen LogP contribution >= 0.6 is 0 Å². The molecule has 1 aliphatic rings. The number of alkyl carbamates (subject to hydrolysis) is 1. The lowest BCUT2D eigenvalue weighted by Crippen LogP contribution is -2.36. The van der Waals surface area contributed by atoms with Crippen LogP contribution in [0.1, 0.15) is 19.3 Å². The molecule has 2 heterocycles. The van der Waals surface area contributed by atoms with Crippen molar-refractivity contribution < 1.29 is 18.7 Å². The molecule has 7 nitrogen and oxygen atoms in total. The Labute approximate surface area is 163 Å². The van der Waals surface area contributed by atoms with Gasteiger partial charge >= 0.3 is 6.09 Å². The number of fused-ring (bicyclic) bond motifs is 1. The molecule has 0 spiro atoms. The van der Waals surface area contributed by atoms with Crippen LogP contribution in [0.3, 0.4) is 0 Å². The van der Waals surface area contributed by atoms with E-state index < -0.39 is 6.09 Å². The van der Waals surface area contributed by atoms with Crippen molar-refractivity contribution in [1.82, 2.24) is 15.6 Å². The number of hydrogen-bond donors (Lipinski definition) is 2. The molecule has 0 unspecified atom stereocenters. The molecule has 2 N–H and O–H groups in total. The third-order valence-corrected chi connectivity index (χ3v) is 5.04. The van der Waals surface area contributed by atoms with Gasteiger partial charge in [-0.05, 0) is 49.4 Å². The second-order valence-corrected chi connectivity index (χ2v) is 6.87. The van der Waals surface area contributed by atoms with Crippen molar-refractivity contribution in [3.8, 4) is 0 Å². The van der Waals surface area contributed by atoms with E-state index in [4.69, 9.17) is 4.74 Å². The zero-order valence-corrected chi connectivity index (χ0v) is 15.9. The Morgan fingerprint density at radius 2 is 2.04 bits per heavy atom. The molecule has 0 aliphatic carbocycles. The van der Waals surface area contributed by atoms with Gasteiger partial charge < -0.3 is 20.3 Å². The molecule has 0 saturated carbocycles. The second-order valence-electron chi connectivity index (χ2n) is 6.87. The zero-order valence-electron chi connectivity index (χ0n) is 15.9. The molecule has 1 saturated heterocycles. The van der Waals surface area contributed by atoms with Crippen LogP contribution < -0.4 is 15.5 Å². The van der Waals surface area contributed by atoms with Crippen LogP contribution in [0.2, 0.25) is 0 Å². The monoisotopic (exact) mass is 388 g/mol. The van der Waals surface area contributed by atoms with Crippen molar-refractivity contribution in [1.29, 1.82) is 0 Å². The van der Waals surface area contributed by atoms with Crippen molar-refractivity contribution in [2.75, 3.05) is 38.2 Å². The first-order chi connectivity index (χ1) is 13.6. The number of aromatic nitrogens is 1. The summed E-state index contributed by atoms with van der Waals surface area (Å²) in [4.78, 5) is 29.4. The summed E-state index contributed by atoms with van der Waals surface area (Å²) >= 11 is 0. The average molecular weight is 388 g/mol. The van der Waals surface area contributed by atoms with Crippen molar-refractivity contribution in [2.45, 2.75) is 19.3 Å². The number of likely N-dealkylation sites (N-methyl/N-ethyl adjacent to an activating group) is 1. The molecule has 1 aliphatic heterocycles. The van der Waals surface area contributed by atoms with E-state index in [-0.39, 0.29) is 18.3 Å². The summed E-state index contributed by atoms with van der Waals surface area (Å²) in [5.74, 6) is 0.782. The Kier molecular flexibility index (Phi) is 6.62. The maximum Gasteiger partial charge on any atom is 0.407 e. The van der Waals surface area contributed by atoms with Gasteiger partial charge in [-0.25, -0.2) is 14.2 Å². The summed E-state index contributed by atoms with van der Waals surface area (Å²) in [6.07, 6.45) is 2.28. The normalized spacial score (nSPS) is 14.7. The number of hydrogen-bond acceptors (Lipinski definition) is 5. The fraction of sp³-hybridized carbons (Fsp3) is 0.450. The molecule has 1 aromatic heterocycles. The molecule has 8 heteroatoms. The van der Waals surface area contributed by atoms with Crippen LogP contribution in [-0.4, -0.2) is 50.3 Å².